The van der Waals surface area contributed by atoms with Gasteiger partial charge in [0.15, 0.2) is 0 Å². The molecule has 0 bridgehead atoms. The van der Waals surface area contributed by atoms with E-state index in [1.807, 2.05) is 38.1 Å². The van der Waals surface area contributed by atoms with Gasteiger partial charge < -0.3 is 10.0 Å². The maximum atomic E-state index is 9.55. The Balaban J connectivity index is 2.91. The first-order valence-electron chi connectivity index (χ1n) is 4.46. The Morgan fingerprint density at radius 3 is 2.77 bits per heavy atom. The molecule has 3 heteroatoms. The highest BCUT2D eigenvalue weighted by Crippen LogP contribution is 2.18. The predicted molar refractivity (Wildman–Crippen MR) is 53.8 cm³/mol. The minimum atomic E-state index is -0.445. The number of rotatable bonds is 3. The van der Waals surface area contributed by atoms with Crippen molar-refractivity contribution in [2.75, 3.05) is 19.0 Å². The van der Waals surface area contributed by atoms with Gasteiger partial charge in [-0.25, -0.2) is 0 Å². The topological polar surface area (TPSA) is 36.4 Å². The lowest BCUT2D eigenvalue weighted by Gasteiger charge is -2.14. The van der Waals surface area contributed by atoms with Gasteiger partial charge in [0, 0.05) is 26.0 Å². The fourth-order valence-electron chi connectivity index (χ4n) is 1.11. The molecular formula is C10H16N2O. The molecule has 72 valence electrons. The molecule has 1 heterocycles. The van der Waals surface area contributed by atoms with Crippen molar-refractivity contribution in [3.63, 3.8) is 0 Å². The van der Waals surface area contributed by atoms with Crippen LogP contribution in [0, 0.1) is 0 Å². The molecule has 0 fully saturated rings. The van der Waals surface area contributed by atoms with E-state index < -0.39 is 6.10 Å². The van der Waals surface area contributed by atoms with Crippen molar-refractivity contribution in [3.8, 4) is 0 Å². The van der Waals surface area contributed by atoms with Crippen molar-refractivity contribution in [2.45, 2.75) is 19.4 Å². The Hall–Kier alpha value is -1.09. The number of aliphatic hydroxyl groups excluding tert-OH is 1. The van der Waals surface area contributed by atoms with E-state index in [1.165, 1.54) is 0 Å². The summed E-state index contributed by atoms with van der Waals surface area (Å²) in [5, 5.41) is 9.55. The first-order valence-corrected chi connectivity index (χ1v) is 4.46. The largest absolute Gasteiger partial charge is 0.387 e. The molecule has 1 aromatic rings. The van der Waals surface area contributed by atoms with Crippen molar-refractivity contribution in [1.29, 1.82) is 0 Å². The molecule has 1 aromatic heterocycles. The van der Waals surface area contributed by atoms with E-state index in [9.17, 15) is 5.11 Å². The van der Waals surface area contributed by atoms with Gasteiger partial charge in [-0.2, -0.15) is 0 Å². The minimum absolute atomic E-state index is 0.445. The summed E-state index contributed by atoms with van der Waals surface area (Å²) >= 11 is 0. The Morgan fingerprint density at radius 1 is 1.54 bits per heavy atom. The van der Waals surface area contributed by atoms with E-state index >= 15 is 0 Å². The molecule has 3 nitrogen and oxygen atoms in total. The fourth-order valence-corrected chi connectivity index (χ4v) is 1.11. The summed E-state index contributed by atoms with van der Waals surface area (Å²) in [6.07, 6.45) is 1.98. The number of aromatic nitrogens is 1. The molecule has 0 aliphatic carbocycles. The van der Waals surface area contributed by atoms with Gasteiger partial charge in [0.2, 0.25) is 0 Å². The Bertz CT molecular complexity index is 273. The van der Waals surface area contributed by atoms with E-state index in [1.54, 1.807) is 6.20 Å². The standard InChI is InChI=1S/C10H16N2O/c1-4-10(13)9-7-8(12(2)3)5-6-11-9/h5-7,10,13H,4H2,1-3H3/t10-/m0/s1. The summed E-state index contributed by atoms with van der Waals surface area (Å²) in [6.45, 7) is 1.94. The van der Waals surface area contributed by atoms with E-state index in [2.05, 4.69) is 4.98 Å². The molecule has 13 heavy (non-hydrogen) atoms. The van der Waals surface area contributed by atoms with Crippen molar-refractivity contribution < 1.29 is 5.11 Å². The number of nitrogens with zero attached hydrogens (tertiary/aromatic N) is 2. The molecule has 0 aliphatic rings. The van der Waals surface area contributed by atoms with Crippen molar-refractivity contribution in [1.82, 2.24) is 4.98 Å². The predicted octanol–water partition coefficient (Wildman–Crippen LogP) is 1.59. The lowest BCUT2D eigenvalue weighted by molar-refractivity contribution is 0.169. The van der Waals surface area contributed by atoms with Crippen LogP contribution in [-0.2, 0) is 0 Å². The number of pyridine rings is 1. The van der Waals surface area contributed by atoms with Crippen LogP contribution in [0.2, 0.25) is 0 Å². The summed E-state index contributed by atoms with van der Waals surface area (Å²) in [7, 11) is 3.94. The molecule has 0 aromatic carbocycles. The highest BCUT2D eigenvalue weighted by molar-refractivity contribution is 5.45. The molecule has 0 spiro atoms. The molecule has 0 unspecified atom stereocenters. The number of aliphatic hydroxyl groups is 1. The first-order chi connectivity index (χ1) is 6.15. The second-order valence-electron chi connectivity index (χ2n) is 3.26. The maximum Gasteiger partial charge on any atom is 0.0957 e. The summed E-state index contributed by atoms with van der Waals surface area (Å²) in [4.78, 5) is 6.11. The van der Waals surface area contributed by atoms with Crippen LogP contribution < -0.4 is 4.90 Å². The normalized spacial score (nSPS) is 12.6. The molecule has 1 rings (SSSR count). The lowest BCUT2D eigenvalue weighted by Crippen LogP contribution is -2.10. The zero-order chi connectivity index (χ0) is 9.84. The second-order valence-corrected chi connectivity index (χ2v) is 3.26. The average Bonchev–Trinajstić information content (AvgIpc) is 2.17. The third-order valence-electron chi connectivity index (χ3n) is 2.01. The molecule has 0 aliphatic heterocycles. The fraction of sp³-hybridized carbons (Fsp3) is 0.500. The molecule has 0 amide bonds. The molecule has 0 saturated heterocycles. The molecule has 0 radical (unpaired) electrons. The highest BCUT2D eigenvalue weighted by Gasteiger charge is 2.06. The number of hydrogen-bond donors (Lipinski definition) is 1. The van der Waals surface area contributed by atoms with Gasteiger partial charge in [-0.1, -0.05) is 6.92 Å². The summed E-state index contributed by atoms with van der Waals surface area (Å²) < 4.78 is 0. The van der Waals surface area contributed by atoms with Crippen molar-refractivity contribution in [2.24, 2.45) is 0 Å². The van der Waals surface area contributed by atoms with Gasteiger partial charge in [-0.05, 0) is 18.6 Å². The monoisotopic (exact) mass is 180 g/mol. The maximum absolute atomic E-state index is 9.55. The van der Waals surface area contributed by atoms with Gasteiger partial charge in [-0.15, -0.1) is 0 Å². The Kier molecular flexibility index (Phi) is 3.25. The molecule has 1 atom stereocenters. The van der Waals surface area contributed by atoms with E-state index in [0.29, 0.717) is 6.42 Å². The molecular weight excluding hydrogens is 164 g/mol. The van der Waals surface area contributed by atoms with Crippen LogP contribution in [0.4, 0.5) is 5.69 Å². The summed E-state index contributed by atoms with van der Waals surface area (Å²) in [5.74, 6) is 0. The van der Waals surface area contributed by atoms with Gasteiger partial charge in [0.1, 0.15) is 0 Å². The zero-order valence-electron chi connectivity index (χ0n) is 8.36. The average molecular weight is 180 g/mol. The van der Waals surface area contributed by atoms with Crippen LogP contribution in [0.25, 0.3) is 0 Å². The molecule has 0 saturated carbocycles. The van der Waals surface area contributed by atoms with Crippen LogP contribution in [0.5, 0.6) is 0 Å². The van der Waals surface area contributed by atoms with E-state index in [0.717, 1.165) is 11.4 Å². The van der Waals surface area contributed by atoms with Crippen LogP contribution in [-0.4, -0.2) is 24.2 Å². The van der Waals surface area contributed by atoms with E-state index in [-0.39, 0.29) is 0 Å². The third-order valence-corrected chi connectivity index (χ3v) is 2.01. The number of anilines is 1. The summed E-state index contributed by atoms with van der Waals surface area (Å²) in [5.41, 5.74) is 1.81. The van der Waals surface area contributed by atoms with Crippen LogP contribution in [0.3, 0.4) is 0 Å². The van der Waals surface area contributed by atoms with Gasteiger partial charge in [0.25, 0.3) is 0 Å². The smallest absolute Gasteiger partial charge is 0.0957 e. The van der Waals surface area contributed by atoms with Crippen LogP contribution >= 0.6 is 0 Å². The highest BCUT2D eigenvalue weighted by atomic mass is 16.3. The van der Waals surface area contributed by atoms with Gasteiger partial charge in [-0.3, -0.25) is 4.98 Å². The minimum Gasteiger partial charge on any atom is -0.387 e. The Morgan fingerprint density at radius 2 is 2.23 bits per heavy atom. The SMILES string of the molecule is CC[C@H](O)c1cc(N(C)C)ccn1. The van der Waals surface area contributed by atoms with Crippen LogP contribution in [0.15, 0.2) is 18.3 Å². The van der Waals surface area contributed by atoms with Crippen molar-refractivity contribution >= 4 is 5.69 Å². The Labute approximate surface area is 79.0 Å². The zero-order valence-corrected chi connectivity index (χ0v) is 8.36. The molecule has 1 N–H and O–H groups in total. The second kappa shape index (κ2) is 4.23. The first kappa shape index (κ1) is 9.99. The lowest BCUT2D eigenvalue weighted by atomic mass is 10.2. The van der Waals surface area contributed by atoms with Crippen molar-refractivity contribution in [3.05, 3.63) is 24.0 Å². The van der Waals surface area contributed by atoms with Crippen LogP contribution in [0.1, 0.15) is 25.1 Å². The third kappa shape index (κ3) is 2.42. The van der Waals surface area contributed by atoms with E-state index in [4.69, 9.17) is 0 Å². The number of hydrogen-bond acceptors (Lipinski definition) is 3. The van der Waals surface area contributed by atoms with Gasteiger partial charge >= 0.3 is 0 Å². The van der Waals surface area contributed by atoms with Gasteiger partial charge in [0.05, 0.1) is 11.8 Å². The summed E-state index contributed by atoms with van der Waals surface area (Å²) in [6, 6.07) is 3.83. The quantitative estimate of drug-likeness (QED) is 0.767.